The van der Waals surface area contributed by atoms with Crippen LogP contribution in [0, 0.1) is 5.92 Å². The molecule has 4 rings (SSSR count). The summed E-state index contributed by atoms with van der Waals surface area (Å²) in [5, 5.41) is 11.7. The van der Waals surface area contributed by atoms with E-state index in [1.54, 1.807) is 49.6 Å². The number of benzene rings is 1. The number of rotatable bonds is 4. The molecule has 1 N–H and O–H groups in total. The van der Waals surface area contributed by atoms with Gasteiger partial charge in [-0.15, -0.1) is 16.4 Å². The number of hydrogen-bond acceptors (Lipinski definition) is 6. The second-order valence-electron chi connectivity index (χ2n) is 7.26. The Morgan fingerprint density at radius 1 is 1.36 bits per heavy atom. The van der Waals surface area contributed by atoms with Gasteiger partial charge in [0.05, 0.1) is 12.5 Å². The Balaban J connectivity index is 1.63. The van der Waals surface area contributed by atoms with Gasteiger partial charge in [-0.05, 0) is 61.9 Å². The van der Waals surface area contributed by atoms with Gasteiger partial charge in [0.25, 0.3) is 5.56 Å². The second kappa shape index (κ2) is 7.35. The highest BCUT2D eigenvalue weighted by Gasteiger charge is 2.26. The molecular weight excluding hydrogens is 376 g/mol. The minimum Gasteiger partial charge on any atom is -0.497 e. The van der Waals surface area contributed by atoms with Gasteiger partial charge in [0.15, 0.2) is 4.83 Å². The van der Waals surface area contributed by atoms with Crippen LogP contribution in [0.15, 0.2) is 29.1 Å². The van der Waals surface area contributed by atoms with Crippen molar-refractivity contribution in [2.45, 2.75) is 39.2 Å². The van der Waals surface area contributed by atoms with Crippen LogP contribution in [0.3, 0.4) is 0 Å². The first kappa shape index (κ1) is 18.6. The topological polar surface area (TPSA) is 86.1 Å². The van der Waals surface area contributed by atoms with Crippen LogP contribution in [-0.2, 0) is 17.6 Å². The molecule has 8 heteroatoms. The third-order valence-electron chi connectivity index (χ3n) is 5.25. The molecule has 146 valence electrons. The van der Waals surface area contributed by atoms with Crippen molar-refractivity contribution in [3.63, 3.8) is 0 Å². The minimum absolute atomic E-state index is 0.241. The van der Waals surface area contributed by atoms with Crippen LogP contribution >= 0.6 is 11.3 Å². The number of nitrogens with zero attached hydrogens (tertiary/aromatic N) is 3. The lowest BCUT2D eigenvalue weighted by Crippen LogP contribution is -2.34. The van der Waals surface area contributed by atoms with Gasteiger partial charge in [0.2, 0.25) is 5.91 Å². The highest BCUT2D eigenvalue weighted by molar-refractivity contribution is 7.18. The molecule has 2 atom stereocenters. The Bertz CT molecular complexity index is 1090. The lowest BCUT2D eigenvalue weighted by molar-refractivity contribution is -0.119. The van der Waals surface area contributed by atoms with Crippen LogP contribution in [0.5, 0.6) is 5.75 Å². The maximum Gasteiger partial charge on any atom is 0.279 e. The molecule has 0 radical (unpaired) electrons. The Labute approximate surface area is 166 Å². The maximum absolute atomic E-state index is 13.1. The smallest absolute Gasteiger partial charge is 0.279 e. The monoisotopic (exact) mass is 398 g/mol. The van der Waals surface area contributed by atoms with E-state index in [-0.39, 0.29) is 11.5 Å². The number of aryl methyl sites for hydroxylation is 1. The van der Waals surface area contributed by atoms with Gasteiger partial charge in [-0.2, -0.15) is 4.68 Å². The van der Waals surface area contributed by atoms with Crippen molar-refractivity contribution < 1.29 is 9.53 Å². The standard InChI is InChI=1S/C20H22N4O3S/c1-11-4-9-15-16(10-11)28-19-17(15)20(26)24(23-22-19)12(2)18(25)21-13-5-7-14(27-3)8-6-13/h5-8,11-12H,4,9-10H2,1-3H3,(H,21,25). The Hall–Kier alpha value is -2.74. The molecule has 0 spiro atoms. The zero-order chi connectivity index (χ0) is 19.8. The Morgan fingerprint density at radius 2 is 2.11 bits per heavy atom. The normalized spacial score (nSPS) is 17.2. The summed E-state index contributed by atoms with van der Waals surface area (Å²) in [6.07, 6.45) is 2.92. The van der Waals surface area contributed by atoms with E-state index in [1.165, 1.54) is 9.56 Å². The number of carbonyl (C=O) groups is 1. The molecule has 1 aliphatic rings. The molecule has 7 nitrogen and oxygen atoms in total. The van der Waals surface area contributed by atoms with E-state index in [4.69, 9.17) is 4.74 Å². The number of carbonyl (C=O) groups excluding carboxylic acids is 1. The first-order chi connectivity index (χ1) is 13.5. The number of ether oxygens (including phenoxy) is 1. The molecule has 2 heterocycles. The summed E-state index contributed by atoms with van der Waals surface area (Å²) in [6.45, 7) is 3.88. The van der Waals surface area contributed by atoms with Crippen LogP contribution < -0.4 is 15.6 Å². The molecule has 0 saturated carbocycles. The predicted molar refractivity (Wildman–Crippen MR) is 109 cm³/mol. The molecule has 28 heavy (non-hydrogen) atoms. The van der Waals surface area contributed by atoms with Crippen molar-refractivity contribution in [2.24, 2.45) is 5.92 Å². The molecule has 1 aromatic carbocycles. The fourth-order valence-electron chi connectivity index (χ4n) is 3.56. The molecule has 3 aromatic rings. The third-order valence-corrected chi connectivity index (χ3v) is 6.39. The molecule has 2 aromatic heterocycles. The number of aromatic nitrogens is 3. The van der Waals surface area contributed by atoms with Gasteiger partial charge in [-0.3, -0.25) is 9.59 Å². The van der Waals surface area contributed by atoms with Crippen molar-refractivity contribution in [1.29, 1.82) is 0 Å². The summed E-state index contributed by atoms with van der Waals surface area (Å²) in [6, 6.07) is 6.24. The summed E-state index contributed by atoms with van der Waals surface area (Å²) in [7, 11) is 1.58. The average molecular weight is 398 g/mol. The quantitative estimate of drug-likeness (QED) is 0.729. The molecule has 0 bridgehead atoms. The summed E-state index contributed by atoms with van der Waals surface area (Å²) in [5.74, 6) is 0.999. The summed E-state index contributed by atoms with van der Waals surface area (Å²) >= 11 is 1.55. The lowest BCUT2D eigenvalue weighted by Gasteiger charge is -2.17. The number of thiophene rings is 1. The maximum atomic E-state index is 13.1. The lowest BCUT2D eigenvalue weighted by atomic mass is 9.89. The Morgan fingerprint density at radius 3 is 2.82 bits per heavy atom. The molecule has 2 unspecified atom stereocenters. The Kier molecular flexibility index (Phi) is 4.89. The van der Waals surface area contributed by atoms with Crippen molar-refractivity contribution >= 4 is 33.1 Å². The van der Waals surface area contributed by atoms with Crippen molar-refractivity contribution in [2.75, 3.05) is 12.4 Å². The van der Waals surface area contributed by atoms with Crippen LogP contribution in [0.4, 0.5) is 5.69 Å². The van der Waals surface area contributed by atoms with Gasteiger partial charge < -0.3 is 10.1 Å². The zero-order valence-electron chi connectivity index (χ0n) is 16.1. The summed E-state index contributed by atoms with van der Waals surface area (Å²) in [4.78, 5) is 27.7. The van der Waals surface area contributed by atoms with Gasteiger partial charge in [0.1, 0.15) is 11.8 Å². The van der Waals surface area contributed by atoms with E-state index < -0.39 is 6.04 Å². The van der Waals surface area contributed by atoms with Gasteiger partial charge in [0, 0.05) is 10.6 Å². The van der Waals surface area contributed by atoms with E-state index in [0.29, 0.717) is 27.6 Å². The predicted octanol–water partition coefficient (Wildman–Crippen LogP) is 3.19. The first-order valence-corrected chi connectivity index (χ1v) is 10.1. The number of anilines is 1. The number of methoxy groups -OCH3 is 1. The zero-order valence-corrected chi connectivity index (χ0v) is 16.9. The summed E-state index contributed by atoms with van der Waals surface area (Å²) < 4.78 is 6.30. The molecule has 0 aliphatic heterocycles. The summed E-state index contributed by atoms with van der Waals surface area (Å²) in [5.41, 5.74) is 1.48. The number of nitrogens with one attached hydrogen (secondary N) is 1. The first-order valence-electron chi connectivity index (χ1n) is 9.32. The molecular formula is C20H22N4O3S. The van der Waals surface area contributed by atoms with Crippen LogP contribution in [-0.4, -0.2) is 28.0 Å². The van der Waals surface area contributed by atoms with Crippen LogP contribution in [0.2, 0.25) is 0 Å². The van der Waals surface area contributed by atoms with E-state index in [2.05, 4.69) is 22.6 Å². The minimum atomic E-state index is -0.774. The van der Waals surface area contributed by atoms with Crippen LogP contribution in [0.25, 0.3) is 10.2 Å². The fraction of sp³-hybridized carbons (Fsp3) is 0.400. The van der Waals surface area contributed by atoms with E-state index >= 15 is 0 Å². The SMILES string of the molecule is COc1ccc(NC(=O)C(C)n2nnc3sc4c(c3c2=O)CCC(C)C4)cc1. The van der Waals surface area contributed by atoms with Crippen molar-refractivity contribution in [3.05, 3.63) is 45.1 Å². The number of hydrogen-bond donors (Lipinski definition) is 1. The number of fused-ring (bicyclic) bond motifs is 3. The van der Waals surface area contributed by atoms with Gasteiger partial charge >= 0.3 is 0 Å². The molecule has 1 amide bonds. The van der Waals surface area contributed by atoms with Crippen molar-refractivity contribution in [3.8, 4) is 5.75 Å². The van der Waals surface area contributed by atoms with Crippen LogP contribution in [0.1, 0.15) is 36.8 Å². The third kappa shape index (κ3) is 3.28. The van der Waals surface area contributed by atoms with Crippen molar-refractivity contribution in [1.82, 2.24) is 15.0 Å². The molecule has 0 saturated heterocycles. The largest absolute Gasteiger partial charge is 0.497 e. The highest BCUT2D eigenvalue weighted by Crippen LogP contribution is 2.35. The molecule has 1 aliphatic carbocycles. The second-order valence-corrected chi connectivity index (χ2v) is 8.35. The van der Waals surface area contributed by atoms with E-state index in [9.17, 15) is 9.59 Å². The van der Waals surface area contributed by atoms with Gasteiger partial charge in [-0.1, -0.05) is 12.1 Å². The fourth-order valence-corrected chi connectivity index (χ4v) is 4.88. The number of amides is 1. The van der Waals surface area contributed by atoms with Gasteiger partial charge in [-0.25, -0.2) is 0 Å². The molecule has 0 fully saturated rings. The van der Waals surface area contributed by atoms with E-state index in [0.717, 1.165) is 24.8 Å². The van der Waals surface area contributed by atoms with E-state index in [1.807, 2.05) is 0 Å². The highest BCUT2D eigenvalue weighted by atomic mass is 32.1. The average Bonchev–Trinajstić information content (AvgIpc) is 3.06.